The monoisotopic (exact) mass is 561 g/mol. The predicted molar refractivity (Wildman–Crippen MR) is 139 cm³/mol. The predicted octanol–water partition coefficient (Wildman–Crippen LogP) is 2.27. The smallest absolute Gasteiger partial charge is 0.243 e. The lowest BCUT2D eigenvalue weighted by Gasteiger charge is -2.26. The van der Waals surface area contributed by atoms with Crippen molar-refractivity contribution in [1.82, 2.24) is 20.4 Å². The number of benzene rings is 1. The number of morpholine rings is 1. The molecule has 0 atom stereocenters. The molecular weight excluding hydrogens is 525 g/mol. The zero-order valence-corrected chi connectivity index (χ0v) is 21.8. The van der Waals surface area contributed by atoms with Crippen LogP contribution in [0.1, 0.15) is 19.3 Å². The molecule has 1 amide bonds. The van der Waals surface area contributed by atoms with Gasteiger partial charge in [0.1, 0.15) is 6.54 Å². The minimum Gasteiger partial charge on any atom is -0.379 e. The van der Waals surface area contributed by atoms with Crippen LogP contribution in [-0.4, -0.2) is 93.0 Å². The standard InChI is InChI=1S/C22H35N5O2S.HI/c1-26(2)20(28)17-24-21(23-11-6-12-27-13-15-29-16-14-27)25-18-22(9-10-22)30-19-7-4-3-5-8-19;/h3-5,7-8H,6,9-18H2,1-2H3,(H2,23,24,25);1H. The molecule has 1 saturated heterocycles. The van der Waals surface area contributed by atoms with Crippen molar-refractivity contribution >= 4 is 47.6 Å². The fourth-order valence-electron chi connectivity index (χ4n) is 3.23. The maximum Gasteiger partial charge on any atom is 0.243 e. The highest BCUT2D eigenvalue weighted by molar-refractivity contribution is 14.0. The van der Waals surface area contributed by atoms with Crippen LogP contribution in [0.5, 0.6) is 0 Å². The number of nitrogens with zero attached hydrogens (tertiary/aromatic N) is 3. The van der Waals surface area contributed by atoms with E-state index in [1.807, 2.05) is 11.8 Å². The molecule has 1 aliphatic carbocycles. The highest BCUT2D eigenvalue weighted by Gasteiger charge is 2.43. The van der Waals surface area contributed by atoms with Crippen molar-refractivity contribution in [2.75, 3.05) is 66.6 Å². The molecule has 0 unspecified atom stereocenters. The van der Waals surface area contributed by atoms with E-state index in [0.29, 0.717) is 0 Å². The summed E-state index contributed by atoms with van der Waals surface area (Å²) in [5, 5.41) is 6.91. The number of carbonyl (C=O) groups is 1. The molecule has 3 rings (SSSR count). The second-order valence-electron chi connectivity index (χ2n) is 8.14. The van der Waals surface area contributed by atoms with E-state index in [4.69, 9.17) is 4.74 Å². The normalized spacial score (nSPS) is 18.1. The molecule has 0 aromatic heterocycles. The Morgan fingerprint density at radius 1 is 1.19 bits per heavy atom. The fraction of sp³-hybridized carbons (Fsp3) is 0.636. The number of nitrogens with one attached hydrogen (secondary N) is 2. The van der Waals surface area contributed by atoms with E-state index in [1.165, 1.54) is 17.7 Å². The summed E-state index contributed by atoms with van der Waals surface area (Å²) in [6.07, 6.45) is 3.42. The molecule has 0 spiro atoms. The van der Waals surface area contributed by atoms with Crippen LogP contribution in [0.3, 0.4) is 0 Å². The molecule has 1 aliphatic heterocycles. The Bertz CT molecular complexity index is 694. The van der Waals surface area contributed by atoms with Crippen molar-refractivity contribution in [2.45, 2.75) is 28.9 Å². The van der Waals surface area contributed by atoms with Crippen LogP contribution in [0.25, 0.3) is 0 Å². The molecular formula is C22H36IN5O2S. The molecule has 1 saturated carbocycles. The average molecular weight is 562 g/mol. The van der Waals surface area contributed by atoms with E-state index in [2.05, 4.69) is 50.9 Å². The van der Waals surface area contributed by atoms with Gasteiger partial charge < -0.3 is 20.3 Å². The van der Waals surface area contributed by atoms with Crippen LogP contribution in [0, 0.1) is 0 Å². The summed E-state index contributed by atoms with van der Waals surface area (Å²) < 4.78 is 5.63. The Morgan fingerprint density at radius 3 is 2.55 bits per heavy atom. The number of likely N-dealkylation sites (N-methyl/N-ethyl adjacent to an activating group) is 1. The van der Waals surface area contributed by atoms with E-state index in [-0.39, 0.29) is 41.2 Å². The summed E-state index contributed by atoms with van der Waals surface area (Å²) in [4.78, 5) is 21.8. The number of thioether (sulfide) groups is 1. The second kappa shape index (κ2) is 13.5. The SMILES string of the molecule is CN(C)C(=O)CN=C(NCCCN1CCOCC1)NCC1(Sc2ccccc2)CC1.I. The molecule has 31 heavy (non-hydrogen) atoms. The zero-order chi connectivity index (χ0) is 21.2. The van der Waals surface area contributed by atoms with E-state index < -0.39 is 0 Å². The van der Waals surface area contributed by atoms with Crippen LogP contribution >= 0.6 is 35.7 Å². The van der Waals surface area contributed by atoms with Crippen LogP contribution in [0.4, 0.5) is 0 Å². The molecule has 1 aromatic carbocycles. The van der Waals surface area contributed by atoms with E-state index in [0.717, 1.165) is 58.3 Å². The number of rotatable bonds is 10. The summed E-state index contributed by atoms with van der Waals surface area (Å²) in [5.74, 6) is 0.733. The molecule has 1 heterocycles. The summed E-state index contributed by atoms with van der Waals surface area (Å²) in [5.41, 5.74) is 0. The molecule has 9 heteroatoms. The lowest BCUT2D eigenvalue weighted by Crippen LogP contribution is -2.43. The molecule has 2 N–H and O–H groups in total. The van der Waals surface area contributed by atoms with E-state index >= 15 is 0 Å². The molecule has 1 aromatic rings. The molecule has 0 bridgehead atoms. The lowest BCUT2D eigenvalue weighted by atomic mass is 10.3. The first-order valence-corrected chi connectivity index (χ1v) is 11.6. The second-order valence-corrected chi connectivity index (χ2v) is 9.68. The molecule has 2 aliphatic rings. The molecule has 2 fully saturated rings. The van der Waals surface area contributed by atoms with Gasteiger partial charge in [-0.05, 0) is 37.9 Å². The quantitative estimate of drug-likeness (QED) is 0.198. The number of hydrogen-bond acceptors (Lipinski definition) is 5. The maximum absolute atomic E-state index is 12.0. The van der Waals surface area contributed by atoms with Gasteiger partial charge in [0, 0.05) is 49.9 Å². The van der Waals surface area contributed by atoms with Crippen molar-refractivity contribution in [3.63, 3.8) is 0 Å². The summed E-state index contributed by atoms with van der Waals surface area (Å²) in [6, 6.07) is 10.6. The number of hydrogen-bond donors (Lipinski definition) is 2. The topological polar surface area (TPSA) is 69.2 Å². The number of halogens is 1. The third kappa shape index (κ3) is 9.55. The highest BCUT2D eigenvalue weighted by Crippen LogP contribution is 2.51. The first-order chi connectivity index (χ1) is 14.6. The summed E-state index contributed by atoms with van der Waals surface area (Å²) >= 11 is 1.94. The van der Waals surface area contributed by atoms with Gasteiger partial charge in [0.2, 0.25) is 5.91 Å². The summed E-state index contributed by atoms with van der Waals surface area (Å²) in [6.45, 7) is 6.56. The largest absolute Gasteiger partial charge is 0.379 e. The first kappa shape index (κ1) is 26.2. The van der Waals surface area contributed by atoms with Crippen molar-refractivity contribution in [2.24, 2.45) is 4.99 Å². The van der Waals surface area contributed by atoms with Gasteiger partial charge in [-0.15, -0.1) is 35.7 Å². The van der Waals surface area contributed by atoms with Gasteiger partial charge in [0.25, 0.3) is 0 Å². The van der Waals surface area contributed by atoms with E-state index in [9.17, 15) is 4.79 Å². The summed E-state index contributed by atoms with van der Waals surface area (Å²) in [7, 11) is 3.52. The highest BCUT2D eigenvalue weighted by atomic mass is 127. The Balaban J connectivity index is 0.00000341. The van der Waals surface area contributed by atoms with Crippen molar-refractivity contribution in [3.05, 3.63) is 30.3 Å². The lowest BCUT2D eigenvalue weighted by molar-refractivity contribution is -0.127. The molecule has 174 valence electrons. The Morgan fingerprint density at radius 2 is 1.90 bits per heavy atom. The Labute approximate surface area is 207 Å². The van der Waals surface area contributed by atoms with Crippen LogP contribution in [0.15, 0.2) is 40.2 Å². The van der Waals surface area contributed by atoms with Gasteiger partial charge in [0.05, 0.1) is 13.2 Å². The number of carbonyl (C=O) groups excluding carboxylic acids is 1. The first-order valence-electron chi connectivity index (χ1n) is 10.8. The third-order valence-electron chi connectivity index (χ3n) is 5.38. The number of ether oxygens (including phenoxy) is 1. The molecule has 0 radical (unpaired) electrons. The minimum atomic E-state index is 0. The van der Waals surface area contributed by atoms with Gasteiger partial charge in [-0.3, -0.25) is 9.69 Å². The Hall–Kier alpha value is -1.04. The Kier molecular flexibility index (Phi) is 11.4. The number of guanidine groups is 1. The van der Waals surface area contributed by atoms with Gasteiger partial charge in [-0.25, -0.2) is 4.99 Å². The van der Waals surface area contributed by atoms with Crippen LogP contribution in [-0.2, 0) is 9.53 Å². The van der Waals surface area contributed by atoms with Crippen molar-refractivity contribution in [1.29, 1.82) is 0 Å². The van der Waals surface area contributed by atoms with Crippen LogP contribution < -0.4 is 10.6 Å². The maximum atomic E-state index is 12.0. The number of aliphatic imine (C=N–C) groups is 1. The van der Waals surface area contributed by atoms with E-state index in [1.54, 1.807) is 19.0 Å². The molecule has 7 nitrogen and oxygen atoms in total. The third-order valence-corrected chi connectivity index (χ3v) is 6.88. The van der Waals surface area contributed by atoms with Crippen LogP contribution in [0.2, 0.25) is 0 Å². The van der Waals surface area contributed by atoms with Crippen molar-refractivity contribution in [3.8, 4) is 0 Å². The fourth-order valence-corrected chi connectivity index (χ4v) is 4.48. The van der Waals surface area contributed by atoms with Crippen molar-refractivity contribution < 1.29 is 9.53 Å². The zero-order valence-electron chi connectivity index (χ0n) is 18.6. The van der Waals surface area contributed by atoms with Gasteiger partial charge in [0.15, 0.2) is 5.96 Å². The van der Waals surface area contributed by atoms with Gasteiger partial charge in [-0.2, -0.15) is 0 Å². The van der Waals surface area contributed by atoms with Gasteiger partial charge >= 0.3 is 0 Å². The number of amides is 1. The average Bonchev–Trinajstić information content (AvgIpc) is 3.53. The van der Waals surface area contributed by atoms with Gasteiger partial charge in [-0.1, -0.05) is 18.2 Å². The minimum absolute atomic E-state index is 0.